The Hall–Kier alpha value is -2.82. The van der Waals surface area contributed by atoms with Crippen LogP contribution in [0.1, 0.15) is 17.5 Å². The van der Waals surface area contributed by atoms with E-state index in [0.717, 1.165) is 11.1 Å². The number of hydrogen-bond donors (Lipinski definition) is 0. The molecule has 0 bridgehead atoms. The van der Waals surface area contributed by atoms with Gasteiger partial charge in [-0.05, 0) is 24.6 Å². The van der Waals surface area contributed by atoms with Gasteiger partial charge in [0, 0.05) is 6.54 Å². The average molecular weight is 325 g/mol. The first-order valence-electron chi connectivity index (χ1n) is 7.87. The highest BCUT2D eigenvalue weighted by molar-refractivity contribution is 5.98. The zero-order valence-corrected chi connectivity index (χ0v) is 13.5. The van der Waals surface area contributed by atoms with Gasteiger partial charge in [0.15, 0.2) is 6.61 Å². The summed E-state index contributed by atoms with van der Waals surface area (Å²) in [5.74, 6) is 0.179. The van der Waals surface area contributed by atoms with E-state index in [2.05, 4.69) is 0 Å². The van der Waals surface area contributed by atoms with E-state index < -0.39 is 0 Å². The second-order valence-corrected chi connectivity index (χ2v) is 5.70. The fourth-order valence-corrected chi connectivity index (χ4v) is 2.64. The number of esters is 1. The first-order valence-corrected chi connectivity index (χ1v) is 7.87. The zero-order chi connectivity index (χ0) is 16.9. The van der Waals surface area contributed by atoms with E-state index in [4.69, 9.17) is 9.47 Å². The van der Waals surface area contributed by atoms with Crippen molar-refractivity contribution in [1.29, 1.82) is 0 Å². The molecule has 0 unspecified atom stereocenters. The third kappa shape index (κ3) is 3.74. The molecule has 3 rings (SSSR count). The third-order valence-corrected chi connectivity index (χ3v) is 3.83. The Morgan fingerprint density at radius 3 is 2.88 bits per heavy atom. The van der Waals surface area contributed by atoms with Crippen molar-refractivity contribution in [2.24, 2.45) is 0 Å². The van der Waals surface area contributed by atoms with Crippen molar-refractivity contribution in [3.05, 3.63) is 59.7 Å². The van der Waals surface area contributed by atoms with Gasteiger partial charge in [-0.3, -0.25) is 9.59 Å². The Bertz CT molecular complexity index is 757. The van der Waals surface area contributed by atoms with Gasteiger partial charge in [0.05, 0.1) is 12.1 Å². The van der Waals surface area contributed by atoms with Gasteiger partial charge >= 0.3 is 5.97 Å². The Kier molecular flexibility index (Phi) is 4.79. The minimum Gasteiger partial charge on any atom is -0.482 e. The lowest BCUT2D eigenvalue weighted by atomic mass is 10.1. The molecule has 0 fully saturated rings. The molecular formula is C19H19NO4. The Labute approximate surface area is 140 Å². The molecule has 0 spiro atoms. The highest BCUT2D eigenvalue weighted by Crippen LogP contribution is 2.31. The predicted molar refractivity (Wildman–Crippen MR) is 89.9 cm³/mol. The lowest BCUT2D eigenvalue weighted by molar-refractivity contribution is -0.144. The fraction of sp³-hybridized carbons (Fsp3) is 0.263. The van der Waals surface area contributed by atoms with Crippen LogP contribution in [0.25, 0.3) is 0 Å². The predicted octanol–water partition coefficient (Wildman–Crippen LogP) is 2.85. The molecule has 1 aliphatic rings. The van der Waals surface area contributed by atoms with Crippen LogP contribution in [0, 0.1) is 6.92 Å². The number of carbonyl (C=O) groups excluding carboxylic acids is 2. The van der Waals surface area contributed by atoms with Gasteiger partial charge in [0.2, 0.25) is 0 Å². The Morgan fingerprint density at radius 1 is 1.21 bits per heavy atom. The number of aryl methyl sites for hydroxylation is 1. The summed E-state index contributed by atoms with van der Waals surface area (Å²) in [7, 11) is 0. The highest BCUT2D eigenvalue weighted by atomic mass is 16.5. The second kappa shape index (κ2) is 7.17. The summed E-state index contributed by atoms with van der Waals surface area (Å²) in [4.78, 5) is 25.6. The topological polar surface area (TPSA) is 55.8 Å². The molecule has 1 heterocycles. The third-order valence-electron chi connectivity index (χ3n) is 3.83. The van der Waals surface area contributed by atoms with Gasteiger partial charge in [0.1, 0.15) is 12.4 Å². The summed E-state index contributed by atoms with van der Waals surface area (Å²) >= 11 is 0. The molecule has 0 atom stereocenters. The molecule has 0 saturated carbocycles. The number of amides is 1. The number of carbonyl (C=O) groups is 2. The first-order chi connectivity index (χ1) is 11.6. The maximum Gasteiger partial charge on any atom is 0.307 e. The molecule has 5 heteroatoms. The SMILES string of the molecule is Cc1cccc(COC(=O)CCN2C(=O)COc3ccccc32)c1. The quantitative estimate of drug-likeness (QED) is 0.793. The standard InChI is InChI=1S/C19H19NO4/c1-14-5-4-6-15(11-14)12-24-19(22)9-10-20-16-7-2-3-8-17(16)23-13-18(20)21/h2-8,11H,9-10,12-13H2,1H3. The van der Waals surface area contributed by atoms with E-state index in [9.17, 15) is 9.59 Å². The number of ether oxygens (including phenoxy) is 2. The first kappa shape index (κ1) is 16.1. The highest BCUT2D eigenvalue weighted by Gasteiger charge is 2.25. The average Bonchev–Trinajstić information content (AvgIpc) is 2.59. The molecule has 2 aromatic rings. The van der Waals surface area contributed by atoms with Crippen LogP contribution in [0.2, 0.25) is 0 Å². The van der Waals surface area contributed by atoms with Gasteiger partial charge in [-0.15, -0.1) is 0 Å². The summed E-state index contributed by atoms with van der Waals surface area (Å²) in [6, 6.07) is 15.1. The van der Waals surface area contributed by atoms with E-state index in [1.165, 1.54) is 0 Å². The van der Waals surface area contributed by atoms with E-state index in [0.29, 0.717) is 11.4 Å². The number of anilines is 1. The number of nitrogens with zero attached hydrogens (tertiary/aromatic N) is 1. The molecule has 1 amide bonds. The summed E-state index contributed by atoms with van der Waals surface area (Å²) in [6.07, 6.45) is 0.145. The van der Waals surface area contributed by atoms with Crippen molar-refractivity contribution >= 4 is 17.6 Å². The normalized spacial score (nSPS) is 13.2. The van der Waals surface area contributed by atoms with Crippen LogP contribution in [0.5, 0.6) is 5.75 Å². The lowest BCUT2D eigenvalue weighted by Crippen LogP contribution is -2.40. The van der Waals surface area contributed by atoms with E-state index in [1.807, 2.05) is 55.5 Å². The summed E-state index contributed by atoms with van der Waals surface area (Å²) in [5.41, 5.74) is 2.77. The smallest absolute Gasteiger partial charge is 0.307 e. The molecule has 24 heavy (non-hydrogen) atoms. The minimum atomic E-state index is -0.326. The summed E-state index contributed by atoms with van der Waals surface area (Å²) in [6.45, 7) is 2.52. The largest absolute Gasteiger partial charge is 0.482 e. The fourth-order valence-electron chi connectivity index (χ4n) is 2.64. The maximum absolute atomic E-state index is 12.0. The summed E-state index contributed by atoms with van der Waals surface area (Å²) in [5, 5.41) is 0. The van der Waals surface area contributed by atoms with Gasteiger partial charge in [-0.25, -0.2) is 0 Å². The van der Waals surface area contributed by atoms with Gasteiger partial charge in [-0.2, -0.15) is 0 Å². The number of para-hydroxylation sites is 2. The minimum absolute atomic E-state index is 0.00461. The van der Waals surface area contributed by atoms with Crippen LogP contribution in [0.3, 0.4) is 0 Å². The van der Waals surface area contributed by atoms with Crippen molar-refractivity contribution < 1.29 is 19.1 Å². The van der Waals surface area contributed by atoms with Gasteiger partial charge in [0.25, 0.3) is 5.91 Å². The molecule has 0 saturated heterocycles. The second-order valence-electron chi connectivity index (χ2n) is 5.70. The molecule has 0 aliphatic carbocycles. The molecule has 0 radical (unpaired) electrons. The Morgan fingerprint density at radius 2 is 2.04 bits per heavy atom. The van der Waals surface area contributed by atoms with E-state index in [-0.39, 0.29) is 38.1 Å². The number of rotatable bonds is 5. The van der Waals surface area contributed by atoms with Gasteiger partial charge < -0.3 is 14.4 Å². The van der Waals surface area contributed by atoms with Crippen molar-refractivity contribution in [2.45, 2.75) is 20.0 Å². The molecule has 1 aliphatic heterocycles. The van der Waals surface area contributed by atoms with E-state index in [1.54, 1.807) is 4.90 Å². The molecule has 0 N–H and O–H groups in total. The van der Waals surface area contributed by atoms with Gasteiger partial charge in [-0.1, -0.05) is 42.0 Å². The van der Waals surface area contributed by atoms with Crippen LogP contribution in [0.4, 0.5) is 5.69 Å². The van der Waals surface area contributed by atoms with E-state index >= 15 is 0 Å². The van der Waals surface area contributed by atoms with Crippen molar-refractivity contribution in [1.82, 2.24) is 0 Å². The lowest BCUT2D eigenvalue weighted by Gasteiger charge is -2.28. The zero-order valence-electron chi connectivity index (χ0n) is 13.5. The monoisotopic (exact) mass is 325 g/mol. The van der Waals surface area contributed by atoms with Crippen LogP contribution in [-0.2, 0) is 20.9 Å². The molecule has 124 valence electrons. The van der Waals surface area contributed by atoms with Crippen LogP contribution in [0.15, 0.2) is 48.5 Å². The van der Waals surface area contributed by atoms with Crippen molar-refractivity contribution in [3.8, 4) is 5.75 Å². The maximum atomic E-state index is 12.0. The molecule has 0 aromatic heterocycles. The summed E-state index contributed by atoms with van der Waals surface area (Å²) < 4.78 is 10.7. The molecule has 2 aromatic carbocycles. The van der Waals surface area contributed by atoms with Crippen LogP contribution >= 0.6 is 0 Å². The van der Waals surface area contributed by atoms with Crippen LogP contribution < -0.4 is 9.64 Å². The molecule has 5 nitrogen and oxygen atoms in total. The van der Waals surface area contributed by atoms with Crippen molar-refractivity contribution in [2.75, 3.05) is 18.1 Å². The number of hydrogen-bond acceptors (Lipinski definition) is 4. The molecular weight excluding hydrogens is 306 g/mol. The Balaban J connectivity index is 1.55. The number of fused-ring (bicyclic) bond motifs is 1. The number of benzene rings is 2. The van der Waals surface area contributed by atoms with Crippen LogP contribution in [-0.4, -0.2) is 25.0 Å². The van der Waals surface area contributed by atoms with Crippen molar-refractivity contribution in [3.63, 3.8) is 0 Å².